The van der Waals surface area contributed by atoms with E-state index in [4.69, 9.17) is 4.74 Å². The van der Waals surface area contributed by atoms with Crippen molar-refractivity contribution in [3.8, 4) is 5.75 Å². The fourth-order valence-corrected chi connectivity index (χ4v) is 3.65. The molecule has 0 aliphatic heterocycles. The second-order valence-corrected chi connectivity index (χ2v) is 6.34. The first kappa shape index (κ1) is 11.5. The van der Waals surface area contributed by atoms with Gasteiger partial charge >= 0.3 is 0 Å². The first-order chi connectivity index (χ1) is 9.33. The van der Waals surface area contributed by atoms with E-state index in [1.54, 1.807) is 0 Å². The third-order valence-electron chi connectivity index (χ3n) is 4.93. The van der Waals surface area contributed by atoms with Crippen molar-refractivity contribution < 1.29 is 9.53 Å². The van der Waals surface area contributed by atoms with E-state index in [9.17, 15) is 4.79 Å². The van der Waals surface area contributed by atoms with Crippen molar-refractivity contribution in [1.29, 1.82) is 0 Å². The standard InChI is InChI=1S/C17H20O2/c18-17(16-14-3-1-2-4-15(14)16)11-5-7-12(8-6-11)19-13-9-10-13/h5-8,13-16H,1-4,9-10H2. The minimum Gasteiger partial charge on any atom is -0.490 e. The van der Waals surface area contributed by atoms with Gasteiger partial charge in [-0.15, -0.1) is 0 Å². The molecular weight excluding hydrogens is 236 g/mol. The maximum Gasteiger partial charge on any atom is 0.166 e. The number of rotatable bonds is 4. The Hall–Kier alpha value is -1.31. The molecule has 0 bridgehead atoms. The van der Waals surface area contributed by atoms with E-state index in [1.807, 2.05) is 24.3 Å². The van der Waals surface area contributed by atoms with Crippen molar-refractivity contribution >= 4 is 5.78 Å². The molecule has 0 amide bonds. The lowest BCUT2D eigenvalue weighted by atomic mass is 10.0. The molecule has 2 unspecified atom stereocenters. The summed E-state index contributed by atoms with van der Waals surface area (Å²) in [5, 5.41) is 0. The van der Waals surface area contributed by atoms with Crippen LogP contribution in [-0.2, 0) is 0 Å². The van der Waals surface area contributed by atoms with Crippen LogP contribution in [0.5, 0.6) is 5.75 Å². The Bertz CT molecular complexity index is 474. The molecule has 3 saturated carbocycles. The van der Waals surface area contributed by atoms with Gasteiger partial charge in [0.1, 0.15) is 5.75 Å². The van der Waals surface area contributed by atoms with Gasteiger partial charge in [-0.25, -0.2) is 0 Å². The largest absolute Gasteiger partial charge is 0.490 e. The quantitative estimate of drug-likeness (QED) is 0.765. The van der Waals surface area contributed by atoms with Gasteiger partial charge in [0.25, 0.3) is 0 Å². The molecule has 3 aliphatic rings. The van der Waals surface area contributed by atoms with E-state index < -0.39 is 0 Å². The molecule has 3 aliphatic carbocycles. The van der Waals surface area contributed by atoms with E-state index in [-0.39, 0.29) is 0 Å². The number of benzene rings is 1. The summed E-state index contributed by atoms with van der Waals surface area (Å²) in [6.07, 6.45) is 7.94. The third kappa shape index (κ3) is 2.18. The molecule has 3 fully saturated rings. The molecule has 4 rings (SSSR count). The maximum absolute atomic E-state index is 12.5. The number of carbonyl (C=O) groups is 1. The number of fused-ring (bicyclic) bond motifs is 1. The van der Waals surface area contributed by atoms with Crippen LogP contribution in [0.4, 0.5) is 0 Å². The van der Waals surface area contributed by atoms with Crippen LogP contribution in [0, 0.1) is 17.8 Å². The summed E-state index contributed by atoms with van der Waals surface area (Å²) in [7, 11) is 0. The van der Waals surface area contributed by atoms with E-state index in [2.05, 4.69) is 0 Å². The number of ether oxygens (including phenoxy) is 1. The van der Waals surface area contributed by atoms with Crippen molar-refractivity contribution in [3.05, 3.63) is 29.8 Å². The lowest BCUT2D eigenvalue weighted by Gasteiger charge is -2.05. The molecule has 0 heterocycles. The molecule has 2 atom stereocenters. The number of carbonyl (C=O) groups excluding carboxylic acids is 1. The van der Waals surface area contributed by atoms with Gasteiger partial charge in [0.05, 0.1) is 6.10 Å². The molecule has 0 aromatic heterocycles. The highest BCUT2D eigenvalue weighted by Crippen LogP contribution is 2.56. The average Bonchev–Trinajstić information content (AvgIpc) is 3.33. The Balaban J connectivity index is 1.44. The molecule has 19 heavy (non-hydrogen) atoms. The van der Waals surface area contributed by atoms with Crippen LogP contribution < -0.4 is 4.74 Å². The zero-order valence-electron chi connectivity index (χ0n) is 11.2. The molecule has 0 spiro atoms. The summed E-state index contributed by atoms with van der Waals surface area (Å²) in [6.45, 7) is 0. The fourth-order valence-electron chi connectivity index (χ4n) is 3.65. The monoisotopic (exact) mass is 256 g/mol. The molecule has 1 aromatic carbocycles. The lowest BCUT2D eigenvalue weighted by molar-refractivity contribution is 0.0956. The number of hydrogen-bond donors (Lipinski definition) is 0. The van der Waals surface area contributed by atoms with Gasteiger partial charge in [0.15, 0.2) is 5.78 Å². The van der Waals surface area contributed by atoms with Gasteiger partial charge < -0.3 is 4.74 Å². The SMILES string of the molecule is O=C(c1ccc(OC2CC2)cc1)C1C2CCCCC21. The molecule has 2 heteroatoms. The van der Waals surface area contributed by atoms with Crippen LogP contribution in [0.3, 0.4) is 0 Å². The highest BCUT2D eigenvalue weighted by Gasteiger charge is 2.54. The summed E-state index contributed by atoms with van der Waals surface area (Å²) in [5.41, 5.74) is 0.877. The first-order valence-corrected chi connectivity index (χ1v) is 7.64. The van der Waals surface area contributed by atoms with E-state index in [0.29, 0.717) is 29.6 Å². The Labute approximate surface area is 114 Å². The molecule has 0 saturated heterocycles. The first-order valence-electron chi connectivity index (χ1n) is 7.64. The van der Waals surface area contributed by atoms with Gasteiger partial charge in [-0.05, 0) is 61.8 Å². The van der Waals surface area contributed by atoms with Gasteiger partial charge in [0, 0.05) is 11.5 Å². The summed E-state index contributed by atoms with van der Waals surface area (Å²) in [6, 6.07) is 7.81. The molecular formula is C17H20O2. The van der Waals surface area contributed by atoms with Crippen molar-refractivity contribution in [2.75, 3.05) is 0 Å². The van der Waals surface area contributed by atoms with Gasteiger partial charge in [-0.3, -0.25) is 4.79 Å². The lowest BCUT2D eigenvalue weighted by Crippen LogP contribution is -2.04. The Morgan fingerprint density at radius 2 is 1.58 bits per heavy atom. The molecule has 2 nitrogen and oxygen atoms in total. The highest BCUT2D eigenvalue weighted by atomic mass is 16.5. The number of ketones is 1. The Kier molecular flexibility index (Phi) is 2.64. The van der Waals surface area contributed by atoms with Crippen LogP contribution in [0.15, 0.2) is 24.3 Å². The maximum atomic E-state index is 12.5. The minimum atomic E-state index is 0.331. The highest BCUT2D eigenvalue weighted by molar-refractivity contribution is 6.00. The van der Waals surface area contributed by atoms with Crippen LogP contribution >= 0.6 is 0 Å². The summed E-state index contributed by atoms with van der Waals surface area (Å²) in [5.74, 6) is 3.01. The van der Waals surface area contributed by atoms with Crippen molar-refractivity contribution in [3.63, 3.8) is 0 Å². The average molecular weight is 256 g/mol. The second kappa shape index (κ2) is 4.36. The topological polar surface area (TPSA) is 26.3 Å². The van der Waals surface area contributed by atoms with Crippen LogP contribution in [0.2, 0.25) is 0 Å². The van der Waals surface area contributed by atoms with E-state index in [1.165, 1.54) is 38.5 Å². The smallest absolute Gasteiger partial charge is 0.166 e. The fraction of sp³-hybridized carbons (Fsp3) is 0.588. The van der Waals surface area contributed by atoms with Crippen LogP contribution in [0.1, 0.15) is 48.9 Å². The van der Waals surface area contributed by atoms with Crippen LogP contribution in [-0.4, -0.2) is 11.9 Å². The third-order valence-corrected chi connectivity index (χ3v) is 4.93. The summed E-state index contributed by atoms with van der Waals surface area (Å²) in [4.78, 5) is 12.5. The summed E-state index contributed by atoms with van der Waals surface area (Å²) >= 11 is 0. The molecule has 0 radical (unpaired) electrons. The normalized spacial score (nSPS) is 32.5. The number of hydrogen-bond acceptors (Lipinski definition) is 2. The van der Waals surface area contributed by atoms with Gasteiger partial charge in [0.2, 0.25) is 0 Å². The van der Waals surface area contributed by atoms with E-state index >= 15 is 0 Å². The van der Waals surface area contributed by atoms with Gasteiger partial charge in [-0.2, -0.15) is 0 Å². The summed E-state index contributed by atoms with van der Waals surface area (Å²) < 4.78 is 5.72. The predicted molar refractivity (Wildman–Crippen MR) is 73.4 cm³/mol. The molecule has 0 N–H and O–H groups in total. The predicted octanol–water partition coefficient (Wildman–Crippen LogP) is 3.85. The zero-order valence-corrected chi connectivity index (χ0v) is 11.2. The van der Waals surface area contributed by atoms with Crippen molar-refractivity contribution in [2.45, 2.75) is 44.6 Å². The molecule has 100 valence electrons. The van der Waals surface area contributed by atoms with Gasteiger partial charge in [-0.1, -0.05) is 12.8 Å². The Morgan fingerprint density at radius 3 is 2.16 bits per heavy atom. The van der Waals surface area contributed by atoms with Crippen molar-refractivity contribution in [2.24, 2.45) is 17.8 Å². The van der Waals surface area contributed by atoms with Crippen LogP contribution in [0.25, 0.3) is 0 Å². The second-order valence-electron chi connectivity index (χ2n) is 6.34. The minimum absolute atomic E-state index is 0.331. The zero-order chi connectivity index (χ0) is 12.8. The molecule has 1 aromatic rings. The Morgan fingerprint density at radius 1 is 0.947 bits per heavy atom. The van der Waals surface area contributed by atoms with E-state index in [0.717, 1.165) is 11.3 Å². The van der Waals surface area contributed by atoms with Crippen molar-refractivity contribution in [1.82, 2.24) is 0 Å². The number of Topliss-reactive ketones (excluding diaryl/α,β-unsaturated/α-hetero) is 1.